The second-order valence-corrected chi connectivity index (χ2v) is 5.12. The lowest BCUT2D eigenvalue weighted by Crippen LogP contribution is -3.00. The molecule has 0 spiro atoms. The third kappa shape index (κ3) is 5.51. The van der Waals surface area contributed by atoms with Gasteiger partial charge in [-0.05, 0) is 18.1 Å². The lowest BCUT2D eigenvalue weighted by Gasteiger charge is -2.05. The molecule has 2 heterocycles. The summed E-state index contributed by atoms with van der Waals surface area (Å²) in [6.07, 6.45) is 11.0. The van der Waals surface area contributed by atoms with E-state index in [1.54, 1.807) is 0 Å². The van der Waals surface area contributed by atoms with Gasteiger partial charge in [-0.25, -0.2) is 9.13 Å². The molecule has 21 heavy (non-hydrogen) atoms. The van der Waals surface area contributed by atoms with E-state index in [1.807, 2.05) is 0 Å². The Bertz CT molecular complexity index is 509. The maximum absolute atomic E-state index is 2.27. The standard InChI is InChI=1S/C17H24N2.2BrH/c1-4-10-18-11-6-16(7-12-18)17-8-13-19(14-9-17)15(3)5-2;;/h6-9,11-15H,4-5,10H2,1-3H3;2*1H/q+2;;/p-2. The van der Waals surface area contributed by atoms with Crippen molar-refractivity contribution in [3.05, 3.63) is 49.1 Å². The summed E-state index contributed by atoms with van der Waals surface area (Å²) in [7, 11) is 0. The fraction of sp³-hybridized carbons (Fsp3) is 0.412. The normalized spacial score (nSPS) is 11.2. The number of nitrogens with zero attached hydrogens (tertiary/aromatic N) is 2. The molecule has 0 aliphatic heterocycles. The van der Waals surface area contributed by atoms with E-state index in [-0.39, 0.29) is 34.0 Å². The van der Waals surface area contributed by atoms with Gasteiger partial charge in [0, 0.05) is 37.1 Å². The van der Waals surface area contributed by atoms with E-state index in [9.17, 15) is 0 Å². The molecule has 0 aromatic carbocycles. The second-order valence-electron chi connectivity index (χ2n) is 5.12. The van der Waals surface area contributed by atoms with Crippen LogP contribution in [0.25, 0.3) is 11.1 Å². The first-order valence-corrected chi connectivity index (χ1v) is 7.25. The molecule has 0 bridgehead atoms. The van der Waals surface area contributed by atoms with Crippen LogP contribution in [0.4, 0.5) is 0 Å². The maximum Gasteiger partial charge on any atom is 0.169 e. The van der Waals surface area contributed by atoms with E-state index >= 15 is 0 Å². The molecule has 1 unspecified atom stereocenters. The Labute approximate surface area is 149 Å². The number of pyridine rings is 2. The Kier molecular flexibility index (Phi) is 9.71. The van der Waals surface area contributed by atoms with Crippen molar-refractivity contribution in [2.75, 3.05) is 0 Å². The predicted octanol–water partition coefficient (Wildman–Crippen LogP) is -2.68. The molecule has 116 valence electrons. The van der Waals surface area contributed by atoms with Gasteiger partial charge in [0.05, 0.1) is 0 Å². The Hall–Kier alpha value is -0.740. The number of halogens is 2. The zero-order valence-corrected chi connectivity index (χ0v) is 16.1. The van der Waals surface area contributed by atoms with Crippen molar-refractivity contribution in [2.24, 2.45) is 0 Å². The van der Waals surface area contributed by atoms with Crippen LogP contribution in [0, 0.1) is 0 Å². The van der Waals surface area contributed by atoms with Gasteiger partial charge in [-0.3, -0.25) is 0 Å². The summed E-state index contributed by atoms with van der Waals surface area (Å²) < 4.78 is 4.50. The van der Waals surface area contributed by atoms with Gasteiger partial charge in [0.25, 0.3) is 0 Å². The highest BCUT2D eigenvalue weighted by Gasteiger charge is 2.09. The van der Waals surface area contributed by atoms with Crippen molar-refractivity contribution in [1.82, 2.24) is 0 Å². The highest BCUT2D eigenvalue weighted by molar-refractivity contribution is 5.60. The van der Waals surface area contributed by atoms with Gasteiger partial charge >= 0.3 is 0 Å². The average molecular weight is 416 g/mol. The minimum atomic E-state index is 0. The monoisotopic (exact) mass is 414 g/mol. The molecule has 4 heteroatoms. The van der Waals surface area contributed by atoms with Gasteiger partial charge in [0.15, 0.2) is 30.8 Å². The molecule has 0 aliphatic rings. The van der Waals surface area contributed by atoms with Gasteiger partial charge in [0.2, 0.25) is 0 Å². The Morgan fingerprint density at radius 3 is 1.76 bits per heavy atom. The fourth-order valence-corrected chi connectivity index (χ4v) is 2.19. The first-order valence-electron chi connectivity index (χ1n) is 7.25. The van der Waals surface area contributed by atoms with Crippen molar-refractivity contribution in [3.8, 4) is 11.1 Å². The molecule has 2 rings (SSSR count). The molecule has 0 aliphatic carbocycles. The molecular weight excluding hydrogens is 392 g/mol. The molecule has 0 fully saturated rings. The molecule has 0 amide bonds. The largest absolute Gasteiger partial charge is 1.00 e. The van der Waals surface area contributed by atoms with E-state index in [0.29, 0.717) is 6.04 Å². The molecule has 0 saturated carbocycles. The molecule has 0 N–H and O–H groups in total. The van der Waals surface area contributed by atoms with Gasteiger partial charge in [-0.2, -0.15) is 0 Å². The smallest absolute Gasteiger partial charge is 0.169 e. The van der Waals surface area contributed by atoms with Crippen LogP contribution in [-0.4, -0.2) is 0 Å². The summed E-state index contributed by atoms with van der Waals surface area (Å²) in [4.78, 5) is 0. The third-order valence-corrected chi connectivity index (χ3v) is 3.66. The summed E-state index contributed by atoms with van der Waals surface area (Å²) in [5.74, 6) is 0. The van der Waals surface area contributed by atoms with E-state index in [0.717, 1.165) is 13.0 Å². The van der Waals surface area contributed by atoms with Crippen molar-refractivity contribution in [3.63, 3.8) is 0 Å². The molecule has 1 atom stereocenters. The van der Waals surface area contributed by atoms with Crippen molar-refractivity contribution < 1.29 is 43.1 Å². The Morgan fingerprint density at radius 2 is 1.33 bits per heavy atom. The zero-order chi connectivity index (χ0) is 13.7. The second kappa shape index (κ2) is 10.1. The van der Waals surface area contributed by atoms with Crippen molar-refractivity contribution >= 4 is 0 Å². The lowest BCUT2D eigenvalue weighted by molar-refractivity contribution is -0.719. The molecule has 2 aromatic heterocycles. The highest BCUT2D eigenvalue weighted by atomic mass is 79.9. The summed E-state index contributed by atoms with van der Waals surface area (Å²) in [6.45, 7) is 7.75. The zero-order valence-electron chi connectivity index (χ0n) is 13.0. The number of rotatable bonds is 5. The fourth-order valence-electron chi connectivity index (χ4n) is 2.19. The third-order valence-electron chi connectivity index (χ3n) is 3.66. The van der Waals surface area contributed by atoms with Crippen LogP contribution in [0.1, 0.15) is 39.7 Å². The minimum Gasteiger partial charge on any atom is -1.00 e. The van der Waals surface area contributed by atoms with Crippen molar-refractivity contribution in [2.45, 2.75) is 46.2 Å². The predicted molar refractivity (Wildman–Crippen MR) is 77.6 cm³/mol. The van der Waals surface area contributed by atoms with Gasteiger partial charge in [-0.15, -0.1) is 0 Å². The van der Waals surface area contributed by atoms with Gasteiger partial charge in [-0.1, -0.05) is 13.8 Å². The molecule has 2 aromatic rings. The van der Waals surface area contributed by atoms with Gasteiger partial charge < -0.3 is 34.0 Å². The van der Waals surface area contributed by atoms with Gasteiger partial charge in [0.1, 0.15) is 6.54 Å². The molecule has 2 nitrogen and oxygen atoms in total. The topological polar surface area (TPSA) is 7.76 Å². The van der Waals surface area contributed by atoms with E-state index < -0.39 is 0 Å². The summed E-state index contributed by atoms with van der Waals surface area (Å²) in [6, 6.07) is 9.35. The van der Waals surface area contributed by atoms with Crippen LogP contribution in [0.5, 0.6) is 0 Å². The molecule has 0 saturated heterocycles. The van der Waals surface area contributed by atoms with Crippen LogP contribution in [0.2, 0.25) is 0 Å². The lowest BCUT2D eigenvalue weighted by atomic mass is 10.1. The Balaban J connectivity index is 0.00000200. The number of aryl methyl sites for hydroxylation is 1. The highest BCUT2D eigenvalue weighted by Crippen LogP contribution is 2.16. The average Bonchev–Trinajstić information content (AvgIpc) is 2.48. The SMILES string of the molecule is CCC[n+]1ccc(-c2cc[n+](C(C)CC)cc2)cc1.[Br-].[Br-]. The van der Waals surface area contributed by atoms with Crippen molar-refractivity contribution in [1.29, 1.82) is 0 Å². The summed E-state index contributed by atoms with van der Waals surface area (Å²) >= 11 is 0. The molecule has 0 radical (unpaired) electrons. The number of hydrogen-bond acceptors (Lipinski definition) is 0. The summed E-state index contributed by atoms with van der Waals surface area (Å²) in [5, 5.41) is 0. The minimum absolute atomic E-state index is 0. The first kappa shape index (κ1) is 20.3. The quantitative estimate of drug-likeness (QED) is 0.470. The van der Waals surface area contributed by atoms with E-state index in [2.05, 4.69) is 79.0 Å². The van der Waals surface area contributed by atoms with Crippen LogP contribution < -0.4 is 43.1 Å². The van der Waals surface area contributed by atoms with Crippen LogP contribution in [-0.2, 0) is 6.54 Å². The van der Waals surface area contributed by atoms with E-state index in [4.69, 9.17) is 0 Å². The van der Waals surface area contributed by atoms with Crippen LogP contribution >= 0.6 is 0 Å². The Morgan fingerprint density at radius 1 is 0.857 bits per heavy atom. The van der Waals surface area contributed by atoms with Crippen LogP contribution in [0.15, 0.2) is 49.1 Å². The maximum atomic E-state index is 2.27. The number of hydrogen-bond donors (Lipinski definition) is 0. The van der Waals surface area contributed by atoms with E-state index in [1.165, 1.54) is 17.5 Å². The summed E-state index contributed by atoms with van der Waals surface area (Å²) in [5.41, 5.74) is 2.56. The first-order chi connectivity index (χ1) is 9.24. The molecular formula is C17H24Br2N2. The van der Waals surface area contributed by atoms with Crippen LogP contribution in [0.3, 0.4) is 0 Å². The number of aromatic nitrogens is 2.